The van der Waals surface area contributed by atoms with Crippen LogP contribution in [0.4, 0.5) is 0 Å². The van der Waals surface area contributed by atoms with E-state index in [4.69, 9.17) is 15.2 Å². The Bertz CT molecular complexity index is 1920. The number of primary amides is 1. The fraction of sp³-hybridized carbons (Fsp3) is 0.526. The normalized spacial score (nSPS) is 21.0. The number of hydrogen-bond donors (Lipinski definition) is 3. The minimum Gasteiger partial charge on any atom is -0.497 e. The van der Waals surface area contributed by atoms with Crippen LogP contribution in [0.2, 0.25) is 0 Å². The quantitative estimate of drug-likeness (QED) is 0.194. The number of ketones is 1. The van der Waals surface area contributed by atoms with Crippen LogP contribution in [0.25, 0.3) is 10.8 Å². The number of carbonyl (C=O) groups is 5. The largest absolute Gasteiger partial charge is 0.497 e. The zero-order valence-electron chi connectivity index (χ0n) is 30.4. The van der Waals surface area contributed by atoms with E-state index in [0.29, 0.717) is 17.0 Å². The molecule has 0 radical (unpaired) electrons. The van der Waals surface area contributed by atoms with Gasteiger partial charge in [-0.05, 0) is 61.2 Å². The zero-order valence-corrected chi connectivity index (χ0v) is 30.4. The van der Waals surface area contributed by atoms with Crippen LogP contribution in [0.5, 0.6) is 5.75 Å². The molecule has 3 heterocycles. The number of fused-ring (bicyclic) bond motifs is 1. The van der Waals surface area contributed by atoms with Crippen molar-refractivity contribution in [3.63, 3.8) is 0 Å². The number of hydrogen-bond acceptors (Lipinski definition) is 10. The summed E-state index contributed by atoms with van der Waals surface area (Å²) in [5, 5.41) is 23.6. The van der Waals surface area contributed by atoms with E-state index in [0.717, 1.165) is 42.9 Å². The molecule has 53 heavy (non-hydrogen) atoms. The van der Waals surface area contributed by atoms with Gasteiger partial charge in [0, 0.05) is 44.6 Å². The highest BCUT2D eigenvalue weighted by molar-refractivity contribution is 6.41. The summed E-state index contributed by atoms with van der Waals surface area (Å²) in [6, 6.07) is 8.91. The van der Waals surface area contributed by atoms with E-state index < -0.39 is 52.6 Å². The molecule has 1 aliphatic carbocycles. The number of likely N-dealkylation sites (tertiary alicyclic amines) is 1. The van der Waals surface area contributed by atoms with E-state index >= 15 is 0 Å². The van der Waals surface area contributed by atoms with E-state index in [1.165, 1.54) is 15.8 Å². The average molecular weight is 730 g/mol. The second-order valence-electron chi connectivity index (χ2n) is 14.9. The number of nitrogens with two attached hydrogens (primary N) is 1. The van der Waals surface area contributed by atoms with Crippen LogP contribution in [0.1, 0.15) is 93.7 Å². The molecule has 4 amide bonds. The Morgan fingerprint density at radius 3 is 2.43 bits per heavy atom. The molecule has 3 aromatic rings. The maximum atomic E-state index is 14.8. The third kappa shape index (κ3) is 8.15. The Kier molecular flexibility index (Phi) is 11.1. The van der Waals surface area contributed by atoms with E-state index in [-0.39, 0.29) is 57.1 Å². The molecule has 0 spiro atoms. The standard InChI is InChI=1S/C38H47N7O8/c1-37(2,51)31-21-40-43-45(31)27-20-30(35(49)42-38(32(46)33(39)47)13-15-53-16-14-38)44(22-27)36(50)29(17-23-7-5-4-6-8-23)41-34(48)26-10-9-25-19-28(52-3)12-11-24(25)18-26/h9-12,18-19,21,23,27,30,51H,4-8,13-17,20,22H2,1-3H3,(H2,39,47)(H,42,49)/b41-29+/t27-,30-/m0/s1. The second-order valence-corrected chi connectivity index (χ2v) is 14.9. The number of Topliss-reactive ketones (excluding diaryl/α,β-unsaturated/α-hetero) is 1. The molecule has 2 saturated heterocycles. The summed E-state index contributed by atoms with van der Waals surface area (Å²) in [5.41, 5.74) is 3.19. The van der Waals surface area contributed by atoms with Gasteiger partial charge in [-0.25, -0.2) is 9.67 Å². The summed E-state index contributed by atoms with van der Waals surface area (Å²) in [7, 11) is 1.58. The lowest BCUT2D eigenvalue weighted by Crippen LogP contribution is -2.63. The van der Waals surface area contributed by atoms with Gasteiger partial charge in [-0.2, -0.15) is 0 Å². The van der Waals surface area contributed by atoms with Gasteiger partial charge in [-0.15, -0.1) is 5.10 Å². The number of ether oxygens (including phenoxy) is 2. The summed E-state index contributed by atoms with van der Waals surface area (Å²) >= 11 is 0. The predicted molar refractivity (Wildman–Crippen MR) is 193 cm³/mol. The zero-order chi connectivity index (χ0) is 37.9. The van der Waals surface area contributed by atoms with Crippen LogP contribution in [0.15, 0.2) is 47.6 Å². The van der Waals surface area contributed by atoms with E-state index in [1.54, 1.807) is 45.2 Å². The van der Waals surface area contributed by atoms with Gasteiger partial charge in [-0.1, -0.05) is 49.5 Å². The Hall–Kier alpha value is -5.02. The summed E-state index contributed by atoms with van der Waals surface area (Å²) in [6.07, 6.45) is 6.59. The second kappa shape index (κ2) is 15.5. The maximum Gasteiger partial charge on any atom is 0.287 e. The summed E-state index contributed by atoms with van der Waals surface area (Å²) < 4.78 is 12.3. The number of benzene rings is 2. The monoisotopic (exact) mass is 729 g/mol. The van der Waals surface area contributed by atoms with Gasteiger partial charge < -0.3 is 30.5 Å². The molecule has 3 aliphatic rings. The van der Waals surface area contributed by atoms with Gasteiger partial charge in [-0.3, -0.25) is 24.0 Å². The molecule has 6 rings (SSSR count). The highest BCUT2D eigenvalue weighted by atomic mass is 16.5. The SMILES string of the molecule is COc1ccc2cc(C(=O)/N=C(\CC3CCCCC3)C(=O)N3C[C@@H](n4nncc4C(C)(C)O)C[C@H]3C(=O)NC3(C(=O)C(N)=O)CCOCC3)ccc2c1. The Labute approximate surface area is 307 Å². The van der Waals surface area contributed by atoms with Crippen molar-refractivity contribution < 1.29 is 38.6 Å². The topological polar surface area (TPSA) is 208 Å². The van der Waals surface area contributed by atoms with Gasteiger partial charge >= 0.3 is 0 Å². The first-order valence-corrected chi connectivity index (χ1v) is 18.2. The first-order chi connectivity index (χ1) is 25.3. The first-order valence-electron chi connectivity index (χ1n) is 18.2. The molecule has 15 heteroatoms. The third-order valence-electron chi connectivity index (χ3n) is 10.7. The number of nitrogens with zero attached hydrogens (tertiary/aromatic N) is 5. The van der Waals surface area contributed by atoms with Gasteiger partial charge in [0.1, 0.15) is 28.6 Å². The van der Waals surface area contributed by atoms with Crippen LogP contribution in [0, 0.1) is 5.92 Å². The van der Waals surface area contributed by atoms with Crippen molar-refractivity contribution >= 4 is 45.9 Å². The first kappa shape index (κ1) is 37.7. The number of aromatic nitrogens is 3. The van der Waals surface area contributed by atoms with Crippen LogP contribution < -0.4 is 15.8 Å². The van der Waals surface area contributed by atoms with Gasteiger partial charge in [0.2, 0.25) is 11.7 Å². The molecule has 1 aromatic heterocycles. The van der Waals surface area contributed by atoms with Gasteiger partial charge in [0.05, 0.1) is 25.0 Å². The Morgan fingerprint density at radius 1 is 1.06 bits per heavy atom. The van der Waals surface area contributed by atoms with Crippen LogP contribution >= 0.6 is 0 Å². The molecule has 0 unspecified atom stereocenters. The fourth-order valence-electron chi connectivity index (χ4n) is 7.78. The van der Waals surface area contributed by atoms with Crippen molar-refractivity contribution in [2.24, 2.45) is 16.6 Å². The lowest BCUT2D eigenvalue weighted by atomic mass is 9.84. The number of carbonyl (C=O) groups excluding carboxylic acids is 5. The van der Waals surface area contributed by atoms with Crippen LogP contribution in [-0.4, -0.2) is 98.6 Å². The smallest absolute Gasteiger partial charge is 0.287 e. The van der Waals surface area contributed by atoms with Crippen molar-refractivity contribution in [3.8, 4) is 5.75 Å². The molecule has 2 aliphatic heterocycles. The van der Waals surface area contributed by atoms with E-state index in [1.807, 2.05) is 12.1 Å². The minimum atomic E-state index is -1.60. The lowest BCUT2D eigenvalue weighted by molar-refractivity contribution is -0.146. The number of aliphatic imine (C=N–C) groups is 1. The fourth-order valence-corrected chi connectivity index (χ4v) is 7.78. The highest BCUT2D eigenvalue weighted by Crippen LogP contribution is 2.34. The molecule has 2 atom stereocenters. The van der Waals surface area contributed by atoms with Gasteiger partial charge in [0.25, 0.3) is 17.7 Å². The van der Waals surface area contributed by atoms with Crippen LogP contribution in [0.3, 0.4) is 0 Å². The van der Waals surface area contributed by atoms with Gasteiger partial charge in [0.15, 0.2) is 0 Å². The predicted octanol–water partition coefficient (Wildman–Crippen LogP) is 2.78. The molecule has 3 fully saturated rings. The number of nitrogens with one attached hydrogen (secondary N) is 1. The lowest BCUT2D eigenvalue weighted by Gasteiger charge is -2.37. The Morgan fingerprint density at radius 2 is 1.75 bits per heavy atom. The van der Waals surface area contributed by atoms with Crippen LogP contribution in [-0.2, 0) is 29.5 Å². The van der Waals surface area contributed by atoms with Crippen molar-refractivity contribution in [3.05, 3.63) is 53.9 Å². The molecule has 282 valence electrons. The van der Waals surface area contributed by atoms with Crippen molar-refractivity contribution in [2.75, 3.05) is 26.9 Å². The Balaban J connectivity index is 1.37. The third-order valence-corrected chi connectivity index (χ3v) is 10.7. The number of amides is 4. The molecule has 1 saturated carbocycles. The molecule has 4 N–H and O–H groups in total. The summed E-state index contributed by atoms with van der Waals surface area (Å²) in [4.78, 5) is 74.1. The number of methoxy groups -OCH3 is 1. The van der Waals surface area contributed by atoms with Crippen molar-refractivity contribution in [2.45, 2.75) is 94.9 Å². The summed E-state index contributed by atoms with van der Waals surface area (Å²) in [5.74, 6) is -3.19. The van der Waals surface area contributed by atoms with Crippen molar-refractivity contribution in [1.29, 1.82) is 0 Å². The van der Waals surface area contributed by atoms with Crippen molar-refractivity contribution in [1.82, 2.24) is 25.2 Å². The summed E-state index contributed by atoms with van der Waals surface area (Å²) in [6.45, 7) is 3.37. The number of aliphatic hydroxyl groups is 1. The number of rotatable bonds is 11. The van der Waals surface area contributed by atoms with E-state index in [2.05, 4.69) is 20.6 Å². The molecule has 15 nitrogen and oxygen atoms in total. The molecule has 2 aromatic carbocycles. The maximum absolute atomic E-state index is 14.8. The molecular weight excluding hydrogens is 682 g/mol. The minimum absolute atomic E-state index is 0.0258. The molecule has 0 bridgehead atoms. The van der Waals surface area contributed by atoms with E-state index in [9.17, 15) is 29.1 Å². The average Bonchev–Trinajstić information content (AvgIpc) is 3.83. The highest BCUT2D eigenvalue weighted by Gasteiger charge is 2.49. The molecular formula is C38H47N7O8.